The zero-order chi connectivity index (χ0) is 37.1. The van der Waals surface area contributed by atoms with Crippen LogP contribution >= 0.6 is 23.2 Å². The van der Waals surface area contributed by atoms with Crippen LogP contribution in [0.3, 0.4) is 0 Å². The molecule has 0 saturated carbocycles. The summed E-state index contributed by atoms with van der Waals surface area (Å²) >= 11 is 12.8. The van der Waals surface area contributed by atoms with E-state index in [2.05, 4.69) is 34.9 Å². The first-order valence-electron chi connectivity index (χ1n) is 15.5. The van der Waals surface area contributed by atoms with Crippen molar-refractivity contribution in [3.63, 3.8) is 0 Å². The molecule has 0 amide bonds. The molecule has 3 aliphatic rings. The summed E-state index contributed by atoms with van der Waals surface area (Å²) in [5.74, 6) is -1.66. The van der Waals surface area contributed by atoms with Crippen molar-refractivity contribution in [2.45, 2.75) is 25.2 Å². The van der Waals surface area contributed by atoms with Crippen molar-refractivity contribution in [3.8, 4) is 5.75 Å². The number of nitrogens with zero attached hydrogens (tertiary/aromatic N) is 11. The van der Waals surface area contributed by atoms with Crippen molar-refractivity contribution in [1.29, 1.82) is 0 Å². The highest BCUT2D eigenvalue weighted by Gasteiger charge is 2.48. The maximum Gasteiger partial charge on any atom is 0.493 e. The SMILES string of the molecule is CC(Oc1ccc2c(c1)C(c1cnc(N3C=CC=NC=C3)nc1)N(c1cnc(N3C=CC=NC=C3)nc1)N2OC(=O)C(F)(F)F)c1c(Cl)cncc1Cl. The summed E-state index contributed by atoms with van der Waals surface area (Å²) in [6.45, 7) is 1.73. The molecule has 3 aliphatic heterocycles. The molecule has 6 heterocycles. The lowest BCUT2D eigenvalue weighted by atomic mass is 10.00. The van der Waals surface area contributed by atoms with E-state index in [1.807, 2.05) is 0 Å². The molecule has 0 radical (unpaired) electrons. The number of fused-ring (bicyclic) bond motifs is 1. The lowest BCUT2D eigenvalue weighted by Gasteiger charge is -2.33. The van der Waals surface area contributed by atoms with Gasteiger partial charge in [0.25, 0.3) is 0 Å². The predicted octanol–water partition coefficient (Wildman–Crippen LogP) is 7.21. The molecule has 0 spiro atoms. The second-order valence-electron chi connectivity index (χ2n) is 11.1. The molecule has 7 rings (SSSR count). The molecule has 0 saturated heterocycles. The van der Waals surface area contributed by atoms with Crippen LogP contribution in [-0.4, -0.2) is 49.5 Å². The van der Waals surface area contributed by atoms with Gasteiger partial charge in [0.2, 0.25) is 11.9 Å². The summed E-state index contributed by atoms with van der Waals surface area (Å²) in [6.07, 6.45) is 18.9. The smallest absolute Gasteiger partial charge is 0.486 e. The van der Waals surface area contributed by atoms with Crippen LogP contribution in [0, 0.1) is 0 Å². The third-order valence-corrected chi connectivity index (χ3v) is 8.34. The number of carbonyl (C=O) groups excluding carboxylic acids is 1. The molecule has 53 heavy (non-hydrogen) atoms. The maximum absolute atomic E-state index is 13.7. The number of aliphatic imine (C=N–C) groups is 2. The monoisotopic (exact) mass is 761 g/mol. The molecule has 1 aromatic carbocycles. The fourth-order valence-corrected chi connectivity index (χ4v) is 6.11. The third kappa shape index (κ3) is 7.38. The number of hydrogen-bond acceptors (Lipinski definition) is 14. The molecule has 2 unspecified atom stereocenters. The Morgan fingerprint density at radius 2 is 1.42 bits per heavy atom. The van der Waals surface area contributed by atoms with Crippen LogP contribution in [0.2, 0.25) is 10.0 Å². The van der Waals surface area contributed by atoms with Gasteiger partial charge in [0.1, 0.15) is 23.6 Å². The molecule has 0 bridgehead atoms. The van der Waals surface area contributed by atoms with Crippen molar-refractivity contribution < 1.29 is 27.5 Å². The Balaban J connectivity index is 1.33. The number of benzene rings is 1. The Kier molecular flexibility index (Phi) is 9.75. The van der Waals surface area contributed by atoms with E-state index in [9.17, 15) is 18.0 Å². The molecule has 0 fully saturated rings. The van der Waals surface area contributed by atoms with Crippen LogP contribution in [0.15, 0.2) is 115 Å². The zero-order valence-electron chi connectivity index (χ0n) is 27.2. The minimum atomic E-state index is -5.33. The molecule has 3 aromatic heterocycles. The van der Waals surface area contributed by atoms with Crippen molar-refractivity contribution in [2.75, 3.05) is 20.0 Å². The highest BCUT2D eigenvalue weighted by Crippen LogP contribution is 2.48. The number of allylic oxidation sites excluding steroid dienone is 2. The first kappa shape index (κ1) is 35.1. The molecular formula is C34H24Cl2F3N11O3. The first-order chi connectivity index (χ1) is 25.6. The molecule has 4 aromatic rings. The largest absolute Gasteiger partial charge is 0.493 e. The van der Waals surface area contributed by atoms with Crippen LogP contribution in [0.1, 0.15) is 35.8 Å². The van der Waals surface area contributed by atoms with Crippen LogP contribution in [-0.2, 0) is 9.63 Å². The minimum absolute atomic E-state index is 0.0757. The summed E-state index contributed by atoms with van der Waals surface area (Å²) in [4.78, 5) is 50.7. The number of halogens is 5. The van der Waals surface area contributed by atoms with E-state index in [0.717, 1.165) is 5.17 Å². The van der Waals surface area contributed by atoms with Gasteiger partial charge in [-0.05, 0) is 37.3 Å². The highest BCUT2D eigenvalue weighted by atomic mass is 35.5. The summed E-state index contributed by atoms with van der Waals surface area (Å²) in [5, 5.41) is 2.58. The zero-order valence-corrected chi connectivity index (χ0v) is 28.7. The van der Waals surface area contributed by atoms with E-state index in [-0.39, 0.29) is 33.3 Å². The number of hydrazine groups is 1. The maximum atomic E-state index is 13.7. The molecule has 19 heteroatoms. The van der Waals surface area contributed by atoms with E-state index < -0.39 is 24.3 Å². The Labute approximate surface area is 309 Å². The first-order valence-corrected chi connectivity index (χ1v) is 16.3. The van der Waals surface area contributed by atoms with Gasteiger partial charge in [0.05, 0.1) is 28.1 Å². The van der Waals surface area contributed by atoms with Gasteiger partial charge in [-0.2, -0.15) is 13.2 Å². The predicted molar refractivity (Wildman–Crippen MR) is 191 cm³/mol. The van der Waals surface area contributed by atoms with Crippen LogP contribution in [0.25, 0.3) is 0 Å². The lowest BCUT2D eigenvalue weighted by molar-refractivity contribution is -0.201. The van der Waals surface area contributed by atoms with Gasteiger partial charge in [-0.25, -0.2) is 29.7 Å². The van der Waals surface area contributed by atoms with Gasteiger partial charge < -0.3 is 9.57 Å². The van der Waals surface area contributed by atoms with Crippen LogP contribution in [0.5, 0.6) is 5.75 Å². The summed E-state index contributed by atoms with van der Waals surface area (Å²) in [7, 11) is 0. The van der Waals surface area contributed by atoms with Crippen LogP contribution < -0.4 is 24.7 Å². The molecule has 0 N–H and O–H groups in total. The second kappa shape index (κ2) is 14.7. The lowest BCUT2D eigenvalue weighted by Crippen LogP contribution is -2.44. The second-order valence-corrected chi connectivity index (χ2v) is 12.0. The molecule has 14 nitrogen and oxygen atoms in total. The Hall–Kier alpha value is -6.33. The Morgan fingerprint density at radius 3 is 2.00 bits per heavy atom. The topological polar surface area (TPSA) is 138 Å². The van der Waals surface area contributed by atoms with Gasteiger partial charge in [0, 0.05) is 91.1 Å². The summed E-state index contributed by atoms with van der Waals surface area (Å²) in [6, 6.07) is 3.55. The number of pyridine rings is 1. The highest BCUT2D eigenvalue weighted by molar-refractivity contribution is 6.35. The van der Waals surface area contributed by atoms with Crippen molar-refractivity contribution in [1.82, 2.24) is 24.9 Å². The van der Waals surface area contributed by atoms with Crippen molar-refractivity contribution in [3.05, 3.63) is 131 Å². The Morgan fingerprint density at radius 1 is 0.830 bits per heavy atom. The van der Waals surface area contributed by atoms with Crippen LogP contribution in [0.4, 0.5) is 36.4 Å². The third-order valence-electron chi connectivity index (χ3n) is 7.74. The molecular weight excluding hydrogens is 738 g/mol. The van der Waals surface area contributed by atoms with E-state index in [4.69, 9.17) is 32.8 Å². The van der Waals surface area contributed by atoms with Gasteiger partial charge >= 0.3 is 12.1 Å². The Bertz CT molecular complexity index is 2140. The number of carbonyl (C=O) groups is 1. The number of rotatable bonds is 8. The normalized spacial score (nSPS) is 16.8. The average molecular weight is 763 g/mol. The quantitative estimate of drug-likeness (QED) is 0.179. The number of ether oxygens (including phenoxy) is 1. The van der Waals surface area contributed by atoms with Gasteiger partial charge in [-0.3, -0.25) is 24.8 Å². The number of anilines is 4. The average Bonchev–Trinajstić information content (AvgIpc) is 3.41. The van der Waals surface area contributed by atoms with E-state index in [1.54, 1.807) is 78.4 Å². The number of aromatic nitrogens is 5. The minimum Gasteiger partial charge on any atom is -0.486 e. The van der Waals surface area contributed by atoms with Crippen molar-refractivity contribution in [2.24, 2.45) is 9.98 Å². The summed E-state index contributed by atoms with van der Waals surface area (Å²) in [5.41, 5.74) is 1.45. The standard InChI is InChI=1S/C34H24Cl2F3N11O3/c1-21(29-26(35)19-42-20-27(29)36)52-24-4-5-28-25(14-24)30(22-15-43-32(44-16-22)47-10-2-6-40-8-12-47)49(50(28)53-31(51)34(37,38)39)23-17-45-33(46-18-23)48-11-3-7-41-9-13-48/h2-21,30H,1H3. The fourth-order valence-electron chi connectivity index (χ4n) is 5.44. The van der Waals surface area contributed by atoms with E-state index in [1.165, 1.54) is 60.5 Å². The fraction of sp³-hybridized carbons (Fsp3) is 0.118. The van der Waals surface area contributed by atoms with Gasteiger partial charge in [0.15, 0.2) is 0 Å². The van der Waals surface area contributed by atoms with Gasteiger partial charge in [-0.15, -0.1) is 5.17 Å². The number of hydrogen-bond donors (Lipinski definition) is 0. The van der Waals surface area contributed by atoms with Gasteiger partial charge in [-0.1, -0.05) is 23.2 Å². The molecule has 0 aliphatic carbocycles. The molecule has 268 valence electrons. The van der Waals surface area contributed by atoms with E-state index in [0.29, 0.717) is 22.4 Å². The summed E-state index contributed by atoms with van der Waals surface area (Å²) < 4.78 is 47.5. The number of alkyl halides is 3. The van der Waals surface area contributed by atoms with E-state index >= 15 is 0 Å². The molecule has 2 atom stereocenters. The van der Waals surface area contributed by atoms with Crippen molar-refractivity contribution >= 4 is 64.9 Å².